The summed E-state index contributed by atoms with van der Waals surface area (Å²) < 4.78 is 5.32. The van der Waals surface area contributed by atoms with Crippen LogP contribution in [-0.2, 0) is 4.74 Å². The average molecular weight is 311 g/mol. The summed E-state index contributed by atoms with van der Waals surface area (Å²) in [6.07, 6.45) is 3.44. The molecule has 2 atom stereocenters. The molecule has 5 heteroatoms. The number of hydrogen-bond acceptors (Lipinski definition) is 4. The van der Waals surface area contributed by atoms with Gasteiger partial charge in [-0.15, -0.1) is 0 Å². The molecule has 0 aromatic heterocycles. The Balaban J connectivity index is 1.75. The van der Waals surface area contributed by atoms with Gasteiger partial charge >= 0.3 is 6.09 Å². The topological polar surface area (TPSA) is 53.6 Å². The normalized spacial score (nSPS) is 24.5. The van der Waals surface area contributed by atoms with Crippen LogP contribution < -0.4 is 10.6 Å². The smallest absolute Gasteiger partial charge is 0.407 e. The molecule has 2 fully saturated rings. The molecule has 1 saturated heterocycles. The Labute approximate surface area is 135 Å². The summed E-state index contributed by atoms with van der Waals surface area (Å²) in [4.78, 5) is 14.3. The van der Waals surface area contributed by atoms with E-state index in [0.29, 0.717) is 30.6 Å². The number of hydrogen-bond donors (Lipinski definition) is 2. The van der Waals surface area contributed by atoms with Crippen molar-refractivity contribution >= 4 is 6.09 Å². The number of carbonyl (C=O) groups is 1. The minimum atomic E-state index is -0.435. The second kappa shape index (κ2) is 7.18. The van der Waals surface area contributed by atoms with Crippen molar-refractivity contribution in [2.24, 2.45) is 5.92 Å². The highest BCUT2D eigenvalue weighted by Crippen LogP contribution is 2.33. The zero-order valence-corrected chi connectivity index (χ0v) is 14.8. The van der Waals surface area contributed by atoms with Crippen LogP contribution in [0.1, 0.15) is 53.9 Å². The van der Waals surface area contributed by atoms with Crippen molar-refractivity contribution in [3.63, 3.8) is 0 Å². The lowest BCUT2D eigenvalue weighted by Gasteiger charge is -2.26. The van der Waals surface area contributed by atoms with Crippen LogP contribution >= 0.6 is 0 Å². The monoisotopic (exact) mass is 311 g/mol. The SMILES string of the molecule is CC(C)N1CCC(NC(CNC(=O)OC(C)(C)C)C2CC2)C1. The molecule has 1 amide bonds. The third-order valence-electron chi connectivity index (χ3n) is 4.46. The molecule has 1 aliphatic carbocycles. The van der Waals surface area contributed by atoms with Crippen molar-refractivity contribution in [1.29, 1.82) is 0 Å². The Bertz CT molecular complexity index is 375. The van der Waals surface area contributed by atoms with Gasteiger partial charge in [-0.3, -0.25) is 4.90 Å². The largest absolute Gasteiger partial charge is 0.444 e. The van der Waals surface area contributed by atoms with Crippen LogP contribution in [0.5, 0.6) is 0 Å². The van der Waals surface area contributed by atoms with Gasteiger partial charge < -0.3 is 15.4 Å². The first-order chi connectivity index (χ1) is 10.2. The van der Waals surface area contributed by atoms with E-state index in [1.807, 2.05) is 20.8 Å². The lowest BCUT2D eigenvalue weighted by molar-refractivity contribution is 0.0520. The minimum Gasteiger partial charge on any atom is -0.444 e. The van der Waals surface area contributed by atoms with Gasteiger partial charge in [-0.05, 0) is 66.3 Å². The van der Waals surface area contributed by atoms with Crippen molar-refractivity contribution in [1.82, 2.24) is 15.5 Å². The summed E-state index contributed by atoms with van der Waals surface area (Å²) in [5.41, 5.74) is -0.435. The number of amides is 1. The molecule has 2 aliphatic rings. The molecule has 1 heterocycles. The lowest BCUT2D eigenvalue weighted by Crippen LogP contribution is -2.48. The third-order valence-corrected chi connectivity index (χ3v) is 4.46. The molecule has 1 aliphatic heterocycles. The molecule has 0 aromatic rings. The van der Waals surface area contributed by atoms with Crippen molar-refractivity contribution < 1.29 is 9.53 Å². The predicted octanol–water partition coefficient (Wildman–Crippen LogP) is 2.36. The van der Waals surface area contributed by atoms with Gasteiger partial charge in [0.2, 0.25) is 0 Å². The maximum Gasteiger partial charge on any atom is 0.407 e. The van der Waals surface area contributed by atoms with E-state index in [2.05, 4.69) is 29.4 Å². The summed E-state index contributed by atoms with van der Waals surface area (Å²) in [6, 6.07) is 1.55. The maximum absolute atomic E-state index is 11.8. The molecule has 128 valence electrons. The van der Waals surface area contributed by atoms with Gasteiger partial charge in [-0.25, -0.2) is 4.79 Å². The lowest BCUT2D eigenvalue weighted by atomic mass is 10.1. The highest BCUT2D eigenvalue weighted by Gasteiger charge is 2.35. The molecule has 2 N–H and O–H groups in total. The molecule has 22 heavy (non-hydrogen) atoms. The Hall–Kier alpha value is -0.810. The Morgan fingerprint density at radius 3 is 2.45 bits per heavy atom. The minimum absolute atomic E-state index is 0.310. The van der Waals surface area contributed by atoms with Crippen molar-refractivity contribution in [2.45, 2.75) is 77.6 Å². The van der Waals surface area contributed by atoms with Gasteiger partial charge in [0.05, 0.1) is 0 Å². The number of ether oxygens (including phenoxy) is 1. The second-order valence-corrected chi connectivity index (χ2v) is 8.07. The van der Waals surface area contributed by atoms with E-state index >= 15 is 0 Å². The number of likely N-dealkylation sites (tertiary alicyclic amines) is 1. The fourth-order valence-electron chi connectivity index (χ4n) is 3.06. The van der Waals surface area contributed by atoms with Crippen LogP contribution in [-0.4, -0.2) is 54.4 Å². The van der Waals surface area contributed by atoms with E-state index in [1.165, 1.54) is 25.8 Å². The van der Waals surface area contributed by atoms with Crippen LogP contribution in [0, 0.1) is 5.92 Å². The fraction of sp³-hybridized carbons (Fsp3) is 0.941. The maximum atomic E-state index is 11.8. The number of carbonyl (C=O) groups excluding carboxylic acids is 1. The van der Waals surface area contributed by atoms with E-state index in [1.54, 1.807) is 0 Å². The number of nitrogens with one attached hydrogen (secondary N) is 2. The van der Waals surface area contributed by atoms with E-state index in [4.69, 9.17) is 4.74 Å². The van der Waals surface area contributed by atoms with Gasteiger partial charge in [-0.1, -0.05) is 0 Å². The molecular formula is C17H33N3O2. The standard InChI is InChI=1S/C17H33N3O2/c1-12(2)20-9-8-14(11-20)19-15(13-6-7-13)10-18-16(21)22-17(3,4)5/h12-15,19H,6-11H2,1-5H3,(H,18,21). The molecule has 0 spiro atoms. The van der Waals surface area contributed by atoms with Crippen LogP contribution in [0.15, 0.2) is 0 Å². The summed E-state index contributed by atoms with van der Waals surface area (Å²) >= 11 is 0. The second-order valence-electron chi connectivity index (χ2n) is 8.07. The van der Waals surface area contributed by atoms with E-state index < -0.39 is 5.60 Å². The Morgan fingerprint density at radius 2 is 1.95 bits per heavy atom. The summed E-state index contributed by atoms with van der Waals surface area (Å²) in [6.45, 7) is 13.1. The molecular weight excluding hydrogens is 278 g/mol. The zero-order valence-electron chi connectivity index (χ0n) is 14.8. The molecule has 2 unspecified atom stereocenters. The van der Waals surface area contributed by atoms with Gasteiger partial charge in [0.15, 0.2) is 0 Å². The number of rotatable bonds is 6. The van der Waals surface area contributed by atoms with Crippen LogP contribution in [0.25, 0.3) is 0 Å². The van der Waals surface area contributed by atoms with Crippen LogP contribution in [0.2, 0.25) is 0 Å². The fourth-order valence-corrected chi connectivity index (χ4v) is 3.06. The molecule has 0 aromatic carbocycles. The van der Waals surface area contributed by atoms with E-state index in [-0.39, 0.29) is 6.09 Å². The Morgan fingerprint density at radius 1 is 1.27 bits per heavy atom. The summed E-state index contributed by atoms with van der Waals surface area (Å²) in [5, 5.41) is 6.70. The summed E-state index contributed by atoms with van der Waals surface area (Å²) in [5.74, 6) is 0.711. The van der Waals surface area contributed by atoms with E-state index in [9.17, 15) is 4.79 Å². The quantitative estimate of drug-likeness (QED) is 0.791. The van der Waals surface area contributed by atoms with Gasteiger partial charge in [0.25, 0.3) is 0 Å². The number of nitrogens with zero attached hydrogens (tertiary/aromatic N) is 1. The average Bonchev–Trinajstić information content (AvgIpc) is 3.11. The zero-order chi connectivity index (χ0) is 16.3. The Kier molecular flexibility index (Phi) is 5.72. The van der Waals surface area contributed by atoms with Crippen LogP contribution in [0.3, 0.4) is 0 Å². The highest BCUT2D eigenvalue weighted by molar-refractivity contribution is 5.67. The molecule has 5 nitrogen and oxygen atoms in total. The first-order valence-electron chi connectivity index (χ1n) is 8.71. The van der Waals surface area contributed by atoms with Gasteiger partial charge in [0, 0.05) is 31.2 Å². The first-order valence-corrected chi connectivity index (χ1v) is 8.71. The molecule has 0 radical (unpaired) electrons. The third kappa shape index (κ3) is 5.76. The van der Waals surface area contributed by atoms with Crippen molar-refractivity contribution in [2.75, 3.05) is 19.6 Å². The first kappa shape index (κ1) is 17.5. The van der Waals surface area contributed by atoms with Gasteiger partial charge in [-0.2, -0.15) is 0 Å². The van der Waals surface area contributed by atoms with Crippen molar-refractivity contribution in [3.05, 3.63) is 0 Å². The van der Waals surface area contributed by atoms with Crippen LogP contribution in [0.4, 0.5) is 4.79 Å². The molecule has 2 rings (SSSR count). The molecule has 1 saturated carbocycles. The summed E-state index contributed by atoms with van der Waals surface area (Å²) in [7, 11) is 0. The molecule has 0 bridgehead atoms. The highest BCUT2D eigenvalue weighted by atomic mass is 16.6. The number of alkyl carbamates (subject to hydrolysis) is 1. The predicted molar refractivity (Wildman–Crippen MR) is 89.0 cm³/mol. The van der Waals surface area contributed by atoms with E-state index in [0.717, 1.165) is 6.54 Å². The van der Waals surface area contributed by atoms with Crippen molar-refractivity contribution in [3.8, 4) is 0 Å². The van der Waals surface area contributed by atoms with Gasteiger partial charge in [0.1, 0.15) is 5.60 Å².